The quantitative estimate of drug-likeness (QED) is 0.515. The molecule has 15 heavy (non-hydrogen) atoms. The summed E-state index contributed by atoms with van der Waals surface area (Å²) >= 11 is 0. The maximum atomic E-state index is 10.9. The highest BCUT2D eigenvalue weighted by Crippen LogP contribution is 2.00. The molecule has 1 unspecified atom stereocenters. The zero-order valence-electron chi connectivity index (χ0n) is 9.40. The van der Waals surface area contributed by atoms with Gasteiger partial charge < -0.3 is 10.1 Å². The van der Waals surface area contributed by atoms with Crippen molar-refractivity contribution >= 4 is 12.2 Å². The average molecular weight is 209 g/mol. The van der Waals surface area contributed by atoms with Gasteiger partial charge in [-0.25, -0.2) is 0 Å². The highest BCUT2D eigenvalue weighted by molar-refractivity contribution is 5.73. The molecule has 0 rings (SSSR count). The summed E-state index contributed by atoms with van der Waals surface area (Å²) in [5, 5.41) is 2.84. The molecule has 0 aliphatic carbocycles. The largest absolute Gasteiger partial charge is 0.350 e. The van der Waals surface area contributed by atoms with Crippen molar-refractivity contribution in [3.63, 3.8) is 0 Å². The van der Waals surface area contributed by atoms with E-state index in [1.54, 1.807) is 0 Å². The van der Waals surface area contributed by atoms with Crippen molar-refractivity contribution in [3.8, 4) is 0 Å². The van der Waals surface area contributed by atoms with Crippen LogP contribution in [0.3, 0.4) is 0 Å². The molecule has 1 N–H and O–H groups in total. The van der Waals surface area contributed by atoms with Crippen LogP contribution in [-0.2, 0) is 9.59 Å². The predicted molar refractivity (Wildman–Crippen MR) is 61.5 cm³/mol. The van der Waals surface area contributed by atoms with Crippen molar-refractivity contribution in [1.29, 1.82) is 0 Å². The van der Waals surface area contributed by atoms with Crippen LogP contribution in [0.15, 0.2) is 24.3 Å². The maximum Gasteiger partial charge on any atom is 0.217 e. The van der Waals surface area contributed by atoms with Gasteiger partial charge in [0.05, 0.1) is 0 Å². The molecule has 0 aromatic carbocycles. The molecular formula is C12H19NO2. The molecule has 0 radical (unpaired) electrons. The summed E-state index contributed by atoms with van der Waals surface area (Å²) in [4.78, 5) is 20.9. The second-order valence-corrected chi connectivity index (χ2v) is 3.28. The molecule has 0 aliphatic heterocycles. The van der Waals surface area contributed by atoms with Crippen molar-refractivity contribution in [2.24, 2.45) is 0 Å². The average Bonchev–Trinajstić information content (AvgIpc) is 2.17. The Morgan fingerprint density at radius 3 is 2.67 bits per heavy atom. The van der Waals surface area contributed by atoms with Gasteiger partial charge in [0, 0.05) is 19.4 Å². The van der Waals surface area contributed by atoms with Gasteiger partial charge in [0.1, 0.15) is 6.29 Å². The summed E-state index contributed by atoms with van der Waals surface area (Å²) in [5.74, 6) is -0.0185. The van der Waals surface area contributed by atoms with E-state index in [0.29, 0.717) is 6.42 Å². The highest BCUT2D eigenvalue weighted by Gasteiger charge is 2.03. The Morgan fingerprint density at radius 2 is 2.13 bits per heavy atom. The molecule has 0 fully saturated rings. The van der Waals surface area contributed by atoms with Gasteiger partial charge in [-0.15, -0.1) is 0 Å². The van der Waals surface area contributed by atoms with Gasteiger partial charge in [-0.05, 0) is 19.8 Å². The minimum atomic E-state index is -0.0185. The number of hydrogen-bond acceptors (Lipinski definition) is 2. The fourth-order valence-electron chi connectivity index (χ4n) is 1.26. The Labute approximate surface area is 91.2 Å². The molecule has 0 aromatic rings. The lowest BCUT2D eigenvalue weighted by atomic mass is 10.1. The Hall–Kier alpha value is -1.38. The number of rotatable bonds is 7. The van der Waals surface area contributed by atoms with Gasteiger partial charge in [0.25, 0.3) is 0 Å². The van der Waals surface area contributed by atoms with E-state index < -0.39 is 0 Å². The van der Waals surface area contributed by atoms with Crippen LogP contribution in [0.25, 0.3) is 0 Å². The lowest BCUT2D eigenvalue weighted by Gasteiger charge is -2.11. The van der Waals surface area contributed by atoms with Crippen molar-refractivity contribution in [3.05, 3.63) is 24.3 Å². The number of allylic oxidation sites excluding steroid dienone is 3. The molecule has 0 aliphatic rings. The fourth-order valence-corrected chi connectivity index (χ4v) is 1.26. The first-order chi connectivity index (χ1) is 7.20. The Bertz CT molecular complexity index is 244. The number of aldehydes is 1. The minimum Gasteiger partial charge on any atom is -0.350 e. The molecule has 3 nitrogen and oxygen atoms in total. The first-order valence-electron chi connectivity index (χ1n) is 5.19. The summed E-state index contributed by atoms with van der Waals surface area (Å²) in [6.07, 6.45) is 10.8. The number of carbonyl (C=O) groups is 2. The Kier molecular flexibility index (Phi) is 8.34. The van der Waals surface area contributed by atoms with Crippen molar-refractivity contribution in [2.45, 2.75) is 39.2 Å². The van der Waals surface area contributed by atoms with Gasteiger partial charge in [-0.1, -0.05) is 24.3 Å². The highest BCUT2D eigenvalue weighted by atomic mass is 16.1. The van der Waals surface area contributed by atoms with E-state index in [4.69, 9.17) is 0 Å². The molecule has 0 saturated heterocycles. The maximum absolute atomic E-state index is 10.9. The normalized spacial score (nSPS) is 13.2. The van der Waals surface area contributed by atoms with E-state index in [1.165, 1.54) is 6.92 Å². The minimum absolute atomic E-state index is 0.0185. The third-order valence-electron chi connectivity index (χ3n) is 1.86. The lowest BCUT2D eigenvalue weighted by Crippen LogP contribution is -2.31. The van der Waals surface area contributed by atoms with Crippen LogP contribution in [-0.4, -0.2) is 18.2 Å². The van der Waals surface area contributed by atoms with Gasteiger partial charge in [-0.3, -0.25) is 4.79 Å². The number of carbonyl (C=O) groups excluding carboxylic acids is 2. The summed E-state index contributed by atoms with van der Waals surface area (Å²) in [6.45, 7) is 3.44. The molecular weight excluding hydrogens is 190 g/mol. The summed E-state index contributed by atoms with van der Waals surface area (Å²) in [5.41, 5.74) is 0. The van der Waals surface area contributed by atoms with E-state index in [-0.39, 0.29) is 11.9 Å². The third kappa shape index (κ3) is 8.94. The Balaban J connectivity index is 3.85. The molecule has 0 saturated carbocycles. The standard InChI is InChI=1S/C12H19NO2/c1-3-8-12(13-11(2)15)9-6-4-5-7-10-14/h3-5,8,10,12H,6-7,9H2,1-2H3,(H,13,15)/b5-4+,8-3+. The number of hydrogen-bond donors (Lipinski definition) is 1. The monoisotopic (exact) mass is 209 g/mol. The van der Waals surface area contributed by atoms with Crippen molar-refractivity contribution < 1.29 is 9.59 Å². The van der Waals surface area contributed by atoms with Gasteiger partial charge in [0.2, 0.25) is 5.91 Å². The molecule has 0 aromatic heterocycles. The smallest absolute Gasteiger partial charge is 0.217 e. The molecule has 84 valence electrons. The molecule has 1 atom stereocenters. The molecule has 0 heterocycles. The predicted octanol–water partition coefficient (Wildman–Crippen LogP) is 1.99. The van der Waals surface area contributed by atoms with Gasteiger partial charge in [-0.2, -0.15) is 0 Å². The van der Waals surface area contributed by atoms with Gasteiger partial charge >= 0.3 is 0 Å². The van der Waals surface area contributed by atoms with E-state index in [9.17, 15) is 9.59 Å². The summed E-state index contributed by atoms with van der Waals surface area (Å²) in [7, 11) is 0. The fraction of sp³-hybridized carbons (Fsp3) is 0.500. The Morgan fingerprint density at radius 1 is 1.40 bits per heavy atom. The summed E-state index contributed by atoms with van der Waals surface area (Å²) in [6, 6.07) is 0.0911. The molecule has 3 heteroatoms. The van der Waals surface area contributed by atoms with Crippen LogP contribution in [0.2, 0.25) is 0 Å². The van der Waals surface area contributed by atoms with Gasteiger partial charge in [0.15, 0.2) is 0 Å². The van der Waals surface area contributed by atoms with E-state index >= 15 is 0 Å². The van der Waals surface area contributed by atoms with Crippen LogP contribution < -0.4 is 5.32 Å². The zero-order chi connectivity index (χ0) is 11.5. The number of amides is 1. The zero-order valence-corrected chi connectivity index (χ0v) is 9.40. The topological polar surface area (TPSA) is 46.2 Å². The van der Waals surface area contributed by atoms with E-state index in [1.807, 2.05) is 31.2 Å². The first kappa shape index (κ1) is 13.6. The summed E-state index contributed by atoms with van der Waals surface area (Å²) < 4.78 is 0. The van der Waals surface area contributed by atoms with Crippen molar-refractivity contribution in [2.75, 3.05) is 0 Å². The second-order valence-electron chi connectivity index (χ2n) is 3.28. The lowest BCUT2D eigenvalue weighted by molar-refractivity contribution is -0.119. The number of nitrogens with one attached hydrogen (secondary N) is 1. The van der Waals surface area contributed by atoms with E-state index in [2.05, 4.69) is 5.32 Å². The van der Waals surface area contributed by atoms with Crippen LogP contribution in [0, 0.1) is 0 Å². The van der Waals surface area contributed by atoms with Crippen LogP contribution in [0.4, 0.5) is 0 Å². The van der Waals surface area contributed by atoms with Crippen LogP contribution >= 0.6 is 0 Å². The third-order valence-corrected chi connectivity index (χ3v) is 1.86. The SMILES string of the molecule is C/C=C/C(CC/C=C/CC=O)NC(C)=O. The molecule has 0 spiro atoms. The molecule has 0 bridgehead atoms. The second kappa shape index (κ2) is 9.19. The van der Waals surface area contributed by atoms with Crippen LogP contribution in [0.5, 0.6) is 0 Å². The molecule has 1 amide bonds. The van der Waals surface area contributed by atoms with Crippen LogP contribution in [0.1, 0.15) is 33.1 Å². The van der Waals surface area contributed by atoms with E-state index in [0.717, 1.165) is 19.1 Å². The first-order valence-corrected chi connectivity index (χ1v) is 5.19. The van der Waals surface area contributed by atoms with Crippen molar-refractivity contribution in [1.82, 2.24) is 5.32 Å².